The lowest BCUT2D eigenvalue weighted by molar-refractivity contribution is 1.70. The van der Waals surface area contributed by atoms with Crippen molar-refractivity contribution in [3.63, 3.8) is 0 Å². The Morgan fingerprint density at radius 3 is 2.12 bits per heavy atom. The van der Waals surface area contributed by atoms with Crippen LogP contribution in [0.4, 0.5) is 0 Å². The van der Waals surface area contributed by atoms with E-state index in [-0.39, 0.29) is 0 Å². The van der Waals surface area contributed by atoms with Crippen LogP contribution in [0.5, 0.6) is 0 Å². The lowest BCUT2D eigenvalue weighted by Crippen LogP contribution is -1.76. The van der Waals surface area contributed by atoms with Gasteiger partial charge in [0.25, 0.3) is 0 Å². The first-order chi connectivity index (χ1) is 12.4. The molecule has 25 heavy (non-hydrogen) atoms. The summed E-state index contributed by atoms with van der Waals surface area (Å²) in [5.74, 6) is 0. The Balaban J connectivity index is 1.55. The van der Waals surface area contributed by atoms with Crippen LogP contribution in [0.3, 0.4) is 0 Å². The number of thiophene rings is 1. The molecule has 0 aliphatic rings. The molecule has 0 saturated heterocycles. The number of benzene rings is 4. The molecule has 5 rings (SSSR count). The molecule has 0 fully saturated rings. The Morgan fingerprint density at radius 2 is 1.20 bits per heavy atom. The van der Waals surface area contributed by atoms with Gasteiger partial charge in [0.15, 0.2) is 0 Å². The van der Waals surface area contributed by atoms with Crippen molar-refractivity contribution in [1.82, 2.24) is 0 Å². The zero-order chi connectivity index (χ0) is 16.6. The zero-order valence-corrected chi connectivity index (χ0v) is 14.5. The summed E-state index contributed by atoms with van der Waals surface area (Å²) in [7, 11) is 0. The van der Waals surface area contributed by atoms with E-state index < -0.39 is 0 Å². The number of rotatable bonds is 2. The summed E-state index contributed by atoms with van der Waals surface area (Å²) in [5, 5.41) is 5.26. The van der Waals surface area contributed by atoms with Crippen LogP contribution >= 0.6 is 11.3 Å². The minimum Gasteiger partial charge on any atom is -0.135 e. The highest BCUT2D eigenvalue weighted by molar-refractivity contribution is 7.25. The van der Waals surface area contributed by atoms with Gasteiger partial charge in [-0.15, -0.1) is 11.3 Å². The van der Waals surface area contributed by atoms with Crippen molar-refractivity contribution in [3.8, 4) is 0 Å². The van der Waals surface area contributed by atoms with E-state index in [0.29, 0.717) is 0 Å². The van der Waals surface area contributed by atoms with Gasteiger partial charge in [-0.1, -0.05) is 72.8 Å². The minimum atomic E-state index is 1.23. The fourth-order valence-electron chi connectivity index (χ4n) is 3.35. The predicted octanol–water partition coefficient (Wildman–Crippen LogP) is 7.38. The summed E-state index contributed by atoms with van der Waals surface area (Å²) in [6.45, 7) is 0. The zero-order valence-electron chi connectivity index (χ0n) is 13.6. The molecule has 0 atom stereocenters. The first kappa shape index (κ1) is 14.4. The Bertz CT molecular complexity index is 1240. The van der Waals surface area contributed by atoms with Crippen molar-refractivity contribution in [2.45, 2.75) is 0 Å². The standard InChI is InChI=1S/C24H16S/c1-2-6-20-15-17(11-13-19(20)5-1)9-10-18-12-14-24-22(16-18)21-7-3-4-8-23(21)25-24/h1-16H/b10-9+. The maximum atomic E-state index is 2.30. The SMILES string of the molecule is C(=C\c1ccc2sc3ccccc3c2c1)/c1ccc2ccccc2c1. The quantitative estimate of drug-likeness (QED) is 0.295. The first-order valence-electron chi connectivity index (χ1n) is 8.45. The summed E-state index contributed by atoms with van der Waals surface area (Å²) in [4.78, 5) is 0. The second-order valence-electron chi connectivity index (χ2n) is 6.29. The molecular formula is C24H16S. The van der Waals surface area contributed by atoms with Gasteiger partial charge in [-0.2, -0.15) is 0 Å². The second kappa shape index (κ2) is 5.87. The molecule has 0 unspecified atom stereocenters. The van der Waals surface area contributed by atoms with E-state index in [0.717, 1.165) is 0 Å². The molecule has 0 N–H and O–H groups in total. The van der Waals surface area contributed by atoms with Crippen LogP contribution in [0.1, 0.15) is 11.1 Å². The molecule has 0 nitrogen and oxygen atoms in total. The summed E-state index contributed by atoms with van der Waals surface area (Å²) in [6, 6.07) is 30.5. The van der Waals surface area contributed by atoms with E-state index in [2.05, 4.69) is 97.1 Å². The van der Waals surface area contributed by atoms with E-state index in [4.69, 9.17) is 0 Å². The molecule has 118 valence electrons. The molecule has 4 aromatic carbocycles. The van der Waals surface area contributed by atoms with Crippen LogP contribution in [-0.4, -0.2) is 0 Å². The molecule has 1 heteroatoms. The normalized spacial score (nSPS) is 11.8. The van der Waals surface area contributed by atoms with E-state index in [1.54, 1.807) is 0 Å². The van der Waals surface area contributed by atoms with Crippen LogP contribution in [-0.2, 0) is 0 Å². The molecular weight excluding hydrogens is 320 g/mol. The van der Waals surface area contributed by atoms with E-state index in [1.807, 2.05) is 11.3 Å². The van der Waals surface area contributed by atoms with Crippen LogP contribution in [0.2, 0.25) is 0 Å². The lowest BCUT2D eigenvalue weighted by Gasteiger charge is -2.00. The van der Waals surface area contributed by atoms with Crippen LogP contribution in [0, 0.1) is 0 Å². The van der Waals surface area contributed by atoms with E-state index in [9.17, 15) is 0 Å². The van der Waals surface area contributed by atoms with Gasteiger partial charge in [0.05, 0.1) is 0 Å². The molecule has 0 aliphatic heterocycles. The summed E-state index contributed by atoms with van der Waals surface area (Å²) < 4.78 is 2.71. The van der Waals surface area contributed by atoms with Crippen LogP contribution in [0.15, 0.2) is 84.9 Å². The summed E-state index contributed by atoms with van der Waals surface area (Å²) in [6.07, 6.45) is 4.40. The number of hydrogen-bond acceptors (Lipinski definition) is 1. The van der Waals surface area contributed by atoms with Gasteiger partial charge in [0, 0.05) is 20.2 Å². The maximum absolute atomic E-state index is 2.30. The van der Waals surface area contributed by atoms with E-state index >= 15 is 0 Å². The Morgan fingerprint density at radius 1 is 0.520 bits per heavy atom. The molecule has 0 saturated carbocycles. The largest absolute Gasteiger partial charge is 0.135 e. The Labute approximate surface area is 150 Å². The van der Waals surface area contributed by atoms with Crippen LogP contribution in [0.25, 0.3) is 43.1 Å². The maximum Gasteiger partial charge on any atom is 0.0355 e. The van der Waals surface area contributed by atoms with Crippen LogP contribution < -0.4 is 0 Å². The molecule has 0 aliphatic carbocycles. The third-order valence-electron chi connectivity index (χ3n) is 4.64. The summed E-state index contributed by atoms with van der Waals surface area (Å²) >= 11 is 1.86. The highest BCUT2D eigenvalue weighted by atomic mass is 32.1. The first-order valence-corrected chi connectivity index (χ1v) is 9.27. The van der Waals surface area contributed by atoms with Crippen molar-refractivity contribution in [1.29, 1.82) is 0 Å². The highest BCUT2D eigenvalue weighted by Crippen LogP contribution is 2.34. The average Bonchev–Trinajstić information content (AvgIpc) is 3.04. The van der Waals surface area contributed by atoms with Crippen molar-refractivity contribution >= 4 is 54.4 Å². The van der Waals surface area contributed by atoms with Gasteiger partial charge in [-0.05, 0) is 46.2 Å². The van der Waals surface area contributed by atoms with Gasteiger partial charge in [0.2, 0.25) is 0 Å². The molecule has 0 radical (unpaired) electrons. The van der Waals surface area contributed by atoms with Gasteiger partial charge in [-0.3, -0.25) is 0 Å². The van der Waals surface area contributed by atoms with Gasteiger partial charge in [-0.25, -0.2) is 0 Å². The molecule has 1 aromatic heterocycles. The fraction of sp³-hybridized carbons (Fsp3) is 0. The third-order valence-corrected chi connectivity index (χ3v) is 5.79. The van der Waals surface area contributed by atoms with Crippen molar-refractivity contribution in [3.05, 3.63) is 96.1 Å². The second-order valence-corrected chi connectivity index (χ2v) is 7.38. The van der Waals surface area contributed by atoms with Gasteiger partial charge >= 0.3 is 0 Å². The summed E-state index contributed by atoms with van der Waals surface area (Å²) in [5.41, 5.74) is 2.47. The molecule has 5 aromatic rings. The van der Waals surface area contributed by atoms with Gasteiger partial charge < -0.3 is 0 Å². The minimum absolute atomic E-state index is 1.23. The average molecular weight is 336 g/mol. The number of hydrogen-bond donors (Lipinski definition) is 0. The highest BCUT2D eigenvalue weighted by Gasteiger charge is 2.04. The smallest absolute Gasteiger partial charge is 0.0355 e. The molecule has 0 bridgehead atoms. The Hall–Kier alpha value is -2.90. The van der Waals surface area contributed by atoms with Crippen molar-refractivity contribution in [2.24, 2.45) is 0 Å². The topological polar surface area (TPSA) is 0 Å². The van der Waals surface area contributed by atoms with Gasteiger partial charge in [0.1, 0.15) is 0 Å². The van der Waals surface area contributed by atoms with Crippen molar-refractivity contribution < 1.29 is 0 Å². The lowest BCUT2D eigenvalue weighted by atomic mass is 10.1. The molecule has 0 spiro atoms. The third kappa shape index (κ3) is 2.63. The monoisotopic (exact) mass is 336 g/mol. The molecule has 1 heterocycles. The molecule has 0 amide bonds. The van der Waals surface area contributed by atoms with E-state index in [1.165, 1.54) is 42.1 Å². The predicted molar refractivity (Wildman–Crippen MR) is 112 cm³/mol. The fourth-order valence-corrected chi connectivity index (χ4v) is 4.44. The Kier molecular flexibility index (Phi) is 3.39. The van der Waals surface area contributed by atoms with Crippen molar-refractivity contribution in [2.75, 3.05) is 0 Å². The number of fused-ring (bicyclic) bond motifs is 4.